The van der Waals surface area contributed by atoms with Crippen LogP contribution in [0.25, 0.3) is 0 Å². The Labute approximate surface area is 164 Å². The van der Waals surface area contributed by atoms with Crippen molar-refractivity contribution < 1.29 is 19.4 Å². The van der Waals surface area contributed by atoms with Gasteiger partial charge in [-0.3, -0.25) is 9.59 Å². The Morgan fingerprint density at radius 2 is 2.04 bits per heavy atom. The summed E-state index contributed by atoms with van der Waals surface area (Å²) in [7, 11) is 0. The van der Waals surface area contributed by atoms with Gasteiger partial charge in [0.2, 0.25) is 0 Å². The van der Waals surface area contributed by atoms with E-state index in [1.165, 1.54) is 0 Å². The molecule has 0 bridgehead atoms. The minimum Gasteiger partial charge on any atom is -0.493 e. The summed E-state index contributed by atoms with van der Waals surface area (Å²) < 4.78 is 8.04. The number of rotatable bonds is 3. The Morgan fingerprint density at radius 1 is 1.29 bits per heavy atom. The molecule has 1 aromatic heterocycles. The number of carbonyl (C=O) groups excluding carboxylic acids is 1. The van der Waals surface area contributed by atoms with Crippen LogP contribution in [0.3, 0.4) is 0 Å². The van der Waals surface area contributed by atoms with E-state index in [4.69, 9.17) is 4.74 Å². The number of carboxylic acid groups (broad SMARTS) is 1. The molecule has 6 heteroatoms. The zero-order chi connectivity index (χ0) is 20.1. The normalized spacial score (nSPS) is 23.5. The van der Waals surface area contributed by atoms with Crippen LogP contribution in [0.15, 0.2) is 30.3 Å². The molecule has 2 aromatic rings. The minimum atomic E-state index is -1.02. The summed E-state index contributed by atoms with van der Waals surface area (Å²) >= 11 is 0. The van der Waals surface area contributed by atoms with Crippen LogP contribution in [0.1, 0.15) is 34.2 Å². The van der Waals surface area contributed by atoms with Crippen molar-refractivity contribution in [3.8, 4) is 5.75 Å². The maximum absolute atomic E-state index is 13.3. The molecule has 4 rings (SSSR count). The van der Waals surface area contributed by atoms with E-state index in [1.54, 1.807) is 4.90 Å². The van der Waals surface area contributed by atoms with E-state index >= 15 is 0 Å². The van der Waals surface area contributed by atoms with E-state index < -0.39 is 11.4 Å². The summed E-state index contributed by atoms with van der Waals surface area (Å²) in [5.41, 5.74) is 2.52. The molecule has 0 radical (unpaired) electrons. The minimum absolute atomic E-state index is 0.0882. The molecule has 148 valence electrons. The van der Waals surface area contributed by atoms with E-state index in [0.717, 1.165) is 29.2 Å². The van der Waals surface area contributed by atoms with Crippen LogP contribution in [-0.4, -0.2) is 46.1 Å². The average Bonchev–Trinajstić information content (AvgIpc) is 3.13. The molecule has 1 N–H and O–H groups in total. The third-order valence-corrected chi connectivity index (χ3v) is 6.45. The second kappa shape index (κ2) is 6.69. The van der Waals surface area contributed by atoms with E-state index in [-0.39, 0.29) is 18.4 Å². The molecular formula is C22H26N2O4. The molecule has 2 aliphatic rings. The highest BCUT2D eigenvalue weighted by Gasteiger charge is 2.55. The average molecular weight is 382 g/mol. The predicted octanol–water partition coefficient (Wildman–Crippen LogP) is 2.90. The van der Waals surface area contributed by atoms with Gasteiger partial charge in [0, 0.05) is 36.9 Å². The third kappa shape index (κ3) is 2.70. The summed E-state index contributed by atoms with van der Waals surface area (Å²) in [6.45, 7) is 7.71. The Balaban J connectivity index is 1.67. The van der Waals surface area contributed by atoms with Crippen LogP contribution in [0.4, 0.5) is 0 Å². The van der Waals surface area contributed by atoms with Crippen molar-refractivity contribution in [3.05, 3.63) is 52.8 Å². The lowest BCUT2D eigenvalue weighted by Crippen LogP contribution is -2.42. The number of nitrogens with zero attached hydrogens (tertiary/aromatic N) is 2. The van der Waals surface area contributed by atoms with E-state index in [0.29, 0.717) is 25.1 Å². The number of hydrogen-bond acceptors (Lipinski definition) is 3. The maximum Gasteiger partial charge on any atom is 0.312 e. The monoisotopic (exact) mass is 382 g/mol. The van der Waals surface area contributed by atoms with Crippen molar-refractivity contribution >= 4 is 11.9 Å². The van der Waals surface area contributed by atoms with Crippen LogP contribution < -0.4 is 4.74 Å². The summed E-state index contributed by atoms with van der Waals surface area (Å²) in [6, 6.07) is 9.51. The second-order valence-corrected chi connectivity index (χ2v) is 7.97. The van der Waals surface area contributed by atoms with Crippen LogP contribution in [0.5, 0.6) is 5.75 Å². The fourth-order valence-electron chi connectivity index (χ4n) is 4.86. The summed E-state index contributed by atoms with van der Waals surface area (Å²) in [4.78, 5) is 27.4. The highest BCUT2D eigenvalue weighted by Crippen LogP contribution is 2.44. The van der Waals surface area contributed by atoms with Crippen LogP contribution in [-0.2, 0) is 17.8 Å². The third-order valence-electron chi connectivity index (χ3n) is 6.45. The zero-order valence-electron chi connectivity index (χ0n) is 16.6. The first-order chi connectivity index (χ1) is 13.4. The Morgan fingerprint density at radius 3 is 2.71 bits per heavy atom. The maximum atomic E-state index is 13.3. The molecule has 2 atom stereocenters. The van der Waals surface area contributed by atoms with Gasteiger partial charge in [-0.05, 0) is 44.9 Å². The number of aryl methyl sites for hydroxylation is 1. The molecule has 0 saturated carbocycles. The molecule has 1 amide bonds. The summed E-state index contributed by atoms with van der Waals surface area (Å²) in [6.07, 6.45) is 0.376. The lowest BCUT2D eigenvalue weighted by atomic mass is 9.74. The fourth-order valence-corrected chi connectivity index (χ4v) is 4.86. The lowest BCUT2D eigenvalue weighted by Gasteiger charge is -2.27. The van der Waals surface area contributed by atoms with Gasteiger partial charge in [-0.15, -0.1) is 0 Å². The highest BCUT2D eigenvalue weighted by molar-refractivity contribution is 5.96. The fraction of sp³-hybridized carbons (Fsp3) is 0.455. The largest absolute Gasteiger partial charge is 0.493 e. The molecule has 0 aliphatic carbocycles. The number of carbonyl (C=O) groups is 2. The SMILES string of the molecule is CCn1c(C)cc(C(=O)N2C[C@H]3COc4ccccc4C[C@@]3(C(=O)O)C2)c1C. The van der Waals surface area contributed by atoms with Gasteiger partial charge in [-0.1, -0.05) is 18.2 Å². The number of amides is 1. The molecular weight excluding hydrogens is 356 g/mol. The Bertz CT molecular complexity index is 948. The molecule has 28 heavy (non-hydrogen) atoms. The molecule has 1 fully saturated rings. The standard InChI is InChI=1S/C22H26N2O4/c1-4-24-14(2)9-18(15(24)3)20(25)23-11-17-12-28-19-8-6-5-7-16(19)10-22(17,13-23)21(26)27/h5-9,17H,4,10-13H2,1-3H3,(H,26,27)/t17-,22+/m0/s1. The number of hydrogen-bond donors (Lipinski definition) is 1. The number of fused-ring (bicyclic) bond motifs is 2. The van der Waals surface area contributed by atoms with Crippen molar-refractivity contribution in [2.75, 3.05) is 19.7 Å². The van der Waals surface area contributed by atoms with E-state index in [9.17, 15) is 14.7 Å². The molecule has 1 saturated heterocycles. The van der Waals surface area contributed by atoms with Crippen molar-refractivity contribution in [2.45, 2.75) is 33.7 Å². The molecule has 6 nitrogen and oxygen atoms in total. The molecule has 2 aliphatic heterocycles. The number of ether oxygens (including phenoxy) is 1. The topological polar surface area (TPSA) is 71.8 Å². The van der Waals surface area contributed by atoms with Gasteiger partial charge in [-0.25, -0.2) is 0 Å². The van der Waals surface area contributed by atoms with Crippen molar-refractivity contribution in [1.29, 1.82) is 0 Å². The number of likely N-dealkylation sites (tertiary alicyclic amines) is 1. The van der Waals surface area contributed by atoms with Crippen molar-refractivity contribution in [1.82, 2.24) is 9.47 Å². The Hall–Kier alpha value is -2.76. The number of benzene rings is 1. The van der Waals surface area contributed by atoms with Gasteiger partial charge in [0.25, 0.3) is 5.91 Å². The van der Waals surface area contributed by atoms with Gasteiger partial charge >= 0.3 is 5.97 Å². The van der Waals surface area contributed by atoms with E-state index in [2.05, 4.69) is 11.5 Å². The molecule has 1 aromatic carbocycles. The molecule has 3 heterocycles. The van der Waals surface area contributed by atoms with Gasteiger partial charge in [0.15, 0.2) is 0 Å². The van der Waals surface area contributed by atoms with Gasteiger partial charge in [0.1, 0.15) is 5.75 Å². The summed E-state index contributed by atoms with van der Waals surface area (Å²) in [5, 5.41) is 10.2. The quantitative estimate of drug-likeness (QED) is 0.886. The zero-order valence-corrected chi connectivity index (χ0v) is 16.6. The van der Waals surface area contributed by atoms with Gasteiger partial charge in [-0.2, -0.15) is 0 Å². The first kappa shape index (κ1) is 18.6. The number of aliphatic carboxylic acids is 1. The van der Waals surface area contributed by atoms with Crippen LogP contribution >= 0.6 is 0 Å². The first-order valence-electron chi connectivity index (χ1n) is 9.77. The second-order valence-electron chi connectivity index (χ2n) is 7.97. The summed E-state index contributed by atoms with van der Waals surface area (Å²) in [5.74, 6) is -0.431. The first-order valence-corrected chi connectivity index (χ1v) is 9.77. The molecule has 0 unspecified atom stereocenters. The van der Waals surface area contributed by atoms with Gasteiger partial charge < -0.3 is 19.3 Å². The van der Waals surface area contributed by atoms with Crippen molar-refractivity contribution in [3.63, 3.8) is 0 Å². The lowest BCUT2D eigenvalue weighted by molar-refractivity contribution is -0.150. The predicted molar refractivity (Wildman–Crippen MR) is 105 cm³/mol. The number of aromatic nitrogens is 1. The number of para-hydroxylation sites is 1. The molecule has 0 spiro atoms. The van der Waals surface area contributed by atoms with E-state index in [1.807, 2.05) is 44.2 Å². The van der Waals surface area contributed by atoms with Crippen LogP contribution in [0, 0.1) is 25.2 Å². The number of carboxylic acids is 1. The van der Waals surface area contributed by atoms with Crippen LogP contribution in [0.2, 0.25) is 0 Å². The van der Waals surface area contributed by atoms with Crippen molar-refractivity contribution in [2.24, 2.45) is 11.3 Å². The van der Waals surface area contributed by atoms with Gasteiger partial charge in [0.05, 0.1) is 17.6 Å². The highest BCUT2D eigenvalue weighted by atomic mass is 16.5. The Kier molecular flexibility index (Phi) is 4.44. The smallest absolute Gasteiger partial charge is 0.312 e.